The second kappa shape index (κ2) is 13.9. The maximum absolute atomic E-state index is 12.7. The summed E-state index contributed by atoms with van der Waals surface area (Å²) in [5.41, 5.74) is 5.42. The maximum atomic E-state index is 12.7. The van der Waals surface area contributed by atoms with Gasteiger partial charge in [-0.3, -0.25) is 24.0 Å². The van der Waals surface area contributed by atoms with Crippen molar-refractivity contribution in [1.82, 2.24) is 16.0 Å². The number of aliphatic carboxylic acids is 3. The van der Waals surface area contributed by atoms with Crippen LogP contribution >= 0.6 is 0 Å². The molecule has 182 valence electrons. The Morgan fingerprint density at radius 2 is 1.28 bits per heavy atom. The van der Waals surface area contributed by atoms with Crippen molar-refractivity contribution in [3.05, 3.63) is 0 Å². The van der Waals surface area contributed by atoms with Crippen molar-refractivity contribution in [2.45, 2.75) is 63.7 Å². The van der Waals surface area contributed by atoms with Crippen molar-refractivity contribution in [2.24, 2.45) is 11.7 Å². The lowest BCUT2D eigenvalue weighted by Crippen LogP contribution is -2.57. The predicted octanol–water partition coefficient (Wildman–Crippen LogP) is -2.77. The summed E-state index contributed by atoms with van der Waals surface area (Å²) < 4.78 is 0. The number of rotatable bonds is 15. The molecule has 4 unspecified atom stereocenters. The minimum absolute atomic E-state index is 0.102. The molecule has 0 bridgehead atoms. The summed E-state index contributed by atoms with van der Waals surface area (Å²) >= 11 is 0. The quantitative estimate of drug-likeness (QED) is 0.124. The van der Waals surface area contributed by atoms with Crippen LogP contribution in [0.5, 0.6) is 0 Å². The first-order chi connectivity index (χ1) is 14.8. The van der Waals surface area contributed by atoms with Gasteiger partial charge in [0.15, 0.2) is 0 Å². The highest BCUT2D eigenvalue weighted by molar-refractivity contribution is 5.94. The van der Waals surface area contributed by atoms with Crippen molar-refractivity contribution in [3.63, 3.8) is 0 Å². The van der Waals surface area contributed by atoms with Crippen LogP contribution in [-0.2, 0) is 28.8 Å². The van der Waals surface area contributed by atoms with Gasteiger partial charge in [0, 0.05) is 6.42 Å². The van der Waals surface area contributed by atoms with E-state index in [1.807, 2.05) is 5.32 Å². The van der Waals surface area contributed by atoms with Crippen molar-refractivity contribution in [3.8, 4) is 0 Å². The minimum atomic E-state index is -1.81. The molecule has 0 aliphatic rings. The van der Waals surface area contributed by atoms with Gasteiger partial charge in [0.25, 0.3) is 0 Å². The molecule has 0 aromatic carbocycles. The van der Waals surface area contributed by atoms with E-state index in [9.17, 15) is 28.8 Å². The largest absolute Gasteiger partial charge is 0.481 e. The van der Waals surface area contributed by atoms with Gasteiger partial charge in [0.05, 0.1) is 13.0 Å². The molecule has 0 rings (SSSR count). The number of hydrogen-bond donors (Lipinski definition) is 8. The van der Waals surface area contributed by atoms with Gasteiger partial charge >= 0.3 is 17.9 Å². The number of amides is 3. The molecule has 9 N–H and O–H groups in total. The maximum Gasteiger partial charge on any atom is 0.326 e. The van der Waals surface area contributed by atoms with Crippen LogP contribution < -0.4 is 21.7 Å². The van der Waals surface area contributed by atoms with Crippen molar-refractivity contribution < 1.29 is 49.2 Å². The van der Waals surface area contributed by atoms with E-state index in [0.29, 0.717) is 0 Å². The normalized spacial score (nSPS) is 14.5. The highest BCUT2D eigenvalue weighted by atomic mass is 16.4. The summed E-state index contributed by atoms with van der Waals surface area (Å²) in [4.78, 5) is 70.1. The second-order valence-corrected chi connectivity index (χ2v) is 7.47. The first-order valence-electron chi connectivity index (χ1n) is 9.72. The van der Waals surface area contributed by atoms with Gasteiger partial charge in [-0.25, -0.2) is 4.79 Å². The lowest BCUT2D eigenvalue weighted by Gasteiger charge is -2.25. The average molecular weight is 462 g/mol. The van der Waals surface area contributed by atoms with Crippen LogP contribution in [0.3, 0.4) is 0 Å². The molecule has 0 heterocycles. The SMILES string of the molecule is CC(C)CC(NC(=O)C(N)CO)C(=O)NC(CCC(=O)O)C(=O)NC(CC(=O)O)C(=O)O. The van der Waals surface area contributed by atoms with Gasteiger partial charge in [-0.15, -0.1) is 0 Å². The van der Waals surface area contributed by atoms with Crippen molar-refractivity contribution in [1.29, 1.82) is 0 Å². The van der Waals surface area contributed by atoms with E-state index in [4.69, 9.17) is 26.2 Å². The van der Waals surface area contributed by atoms with Crippen molar-refractivity contribution in [2.75, 3.05) is 6.61 Å². The number of carbonyl (C=O) groups is 6. The fourth-order valence-electron chi connectivity index (χ4n) is 2.52. The lowest BCUT2D eigenvalue weighted by atomic mass is 10.0. The molecule has 0 spiro atoms. The summed E-state index contributed by atoms with van der Waals surface area (Å²) in [5.74, 6) is -7.32. The highest BCUT2D eigenvalue weighted by Crippen LogP contribution is 2.08. The van der Waals surface area contributed by atoms with Crippen LogP contribution in [0.1, 0.15) is 39.5 Å². The zero-order valence-electron chi connectivity index (χ0n) is 17.7. The van der Waals surface area contributed by atoms with E-state index in [1.165, 1.54) is 0 Å². The Balaban J connectivity index is 5.55. The molecule has 0 aromatic heterocycles. The smallest absolute Gasteiger partial charge is 0.326 e. The molecule has 0 saturated heterocycles. The molecule has 4 atom stereocenters. The highest BCUT2D eigenvalue weighted by Gasteiger charge is 2.31. The molecule has 0 fully saturated rings. The number of aliphatic hydroxyl groups is 1. The van der Waals surface area contributed by atoms with E-state index in [2.05, 4.69) is 10.6 Å². The number of nitrogens with one attached hydrogen (secondary N) is 3. The Labute approximate surface area is 183 Å². The van der Waals surface area contributed by atoms with Crippen LogP contribution in [0.4, 0.5) is 0 Å². The zero-order valence-corrected chi connectivity index (χ0v) is 17.7. The van der Waals surface area contributed by atoms with Gasteiger partial charge in [0.1, 0.15) is 24.2 Å². The number of carbonyl (C=O) groups excluding carboxylic acids is 3. The summed E-state index contributed by atoms with van der Waals surface area (Å²) in [6, 6.07) is -5.81. The van der Waals surface area contributed by atoms with Gasteiger partial charge in [-0.2, -0.15) is 0 Å². The minimum Gasteiger partial charge on any atom is -0.481 e. The number of hydrogen-bond acceptors (Lipinski definition) is 8. The fraction of sp³-hybridized carbons (Fsp3) is 0.667. The molecule has 0 aromatic rings. The summed E-state index contributed by atoms with van der Waals surface area (Å²) in [6.07, 6.45) is -1.82. The van der Waals surface area contributed by atoms with Crippen LogP contribution in [-0.4, -0.2) is 86.8 Å². The third kappa shape index (κ3) is 11.2. The molecular formula is C18H30N4O10. The summed E-state index contributed by atoms with van der Waals surface area (Å²) in [5, 5.41) is 42.3. The second-order valence-electron chi connectivity index (χ2n) is 7.47. The van der Waals surface area contributed by atoms with E-state index in [-0.39, 0.29) is 12.3 Å². The van der Waals surface area contributed by atoms with Gasteiger partial charge in [-0.1, -0.05) is 13.8 Å². The van der Waals surface area contributed by atoms with Crippen LogP contribution in [0.25, 0.3) is 0 Å². The molecular weight excluding hydrogens is 432 g/mol. The molecule has 0 saturated carbocycles. The molecule has 0 aliphatic heterocycles. The van der Waals surface area contributed by atoms with E-state index in [0.717, 1.165) is 0 Å². The summed E-state index contributed by atoms with van der Waals surface area (Å²) in [6.45, 7) is 2.82. The number of aliphatic hydroxyl groups excluding tert-OH is 1. The monoisotopic (exact) mass is 462 g/mol. The number of carboxylic acids is 3. The molecule has 0 aliphatic carbocycles. The van der Waals surface area contributed by atoms with Gasteiger partial charge < -0.3 is 42.1 Å². The average Bonchev–Trinajstić information content (AvgIpc) is 2.67. The first-order valence-corrected chi connectivity index (χ1v) is 9.72. The van der Waals surface area contributed by atoms with E-state index < -0.39 is 85.7 Å². The topological polar surface area (TPSA) is 245 Å². The Morgan fingerprint density at radius 1 is 0.781 bits per heavy atom. The zero-order chi connectivity index (χ0) is 25.0. The molecule has 14 heteroatoms. The standard InChI is InChI=1S/C18H30N4O10/c1-8(2)5-11(21-15(28)9(19)7-23)17(30)20-10(3-4-13(24)25)16(29)22-12(18(31)32)6-14(26)27/h8-12,23H,3-7,19H2,1-2H3,(H,20,30)(H,21,28)(H,22,29)(H,24,25)(H,26,27)(H,31,32). The third-order valence-electron chi connectivity index (χ3n) is 4.15. The lowest BCUT2D eigenvalue weighted by molar-refractivity contribution is -0.147. The van der Waals surface area contributed by atoms with Crippen LogP contribution in [0.15, 0.2) is 0 Å². The van der Waals surface area contributed by atoms with Crippen molar-refractivity contribution >= 4 is 35.6 Å². The summed E-state index contributed by atoms with van der Waals surface area (Å²) in [7, 11) is 0. The Hall–Kier alpha value is -3.26. The van der Waals surface area contributed by atoms with Crippen LogP contribution in [0, 0.1) is 5.92 Å². The first kappa shape index (κ1) is 28.7. The molecule has 0 radical (unpaired) electrons. The Bertz CT molecular complexity index is 712. The Kier molecular flexibility index (Phi) is 12.5. The number of carboxylic acid groups (broad SMARTS) is 3. The third-order valence-corrected chi connectivity index (χ3v) is 4.15. The van der Waals surface area contributed by atoms with Crippen LogP contribution in [0.2, 0.25) is 0 Å². The van der Waals surface area contributed by atoms with Gasteiger partial charge in [0.2, 0.25) is 17.7 Å². The Morgan fingerprint density at radius 3 is 1.72 bits per heavy atom. The number of nitrogens with two attached hydrogens (primary N) is 1. The predicted molar refractivity (Wildman–Crippen MR) is 107 cm³/mol. The fourth-order valence-corrected chi connectivity index (χ4v) is 2.52. The molecule has 32 heavy (non-hydrogen) atoms. The van der Waals surface area contributed by atoms with E-state index in [1.54, 1.807) is 13.8 Å². The molecule has 3 amide bonds. The van der Waals surface area contributed by atoms with Gasteiger partial charge in [-0.05, 0) is 18.8 Å². The molecule has 14 nitrogen and oxygen atoms in total. The van der Waals surface area contributed by atoms with E-state index >= 15 is 0 Å².